The number of hydrogen-bond acceptors (Lipinski definition) is 8. The fraction of sp³-hybridized carbons (Fsp3) is 0.304. The van der Waals surface area contributed by atoms with Gasteiger partial charge in [-0.15, -0.1) is 13.2 Å². The van der Waals surface area contributed by atoms with Gasteiger partial charge in [-0.3, -0.25) is 24.2 Å². The van der Waals surface area contributed by atoms with E-state index in [0.717, 1.165) is 12.1 Å². The van der Waals surface area contributed by atoms with Gasteiger partial charge in [0.15, 0.2) is 5.71 Å². The van der Waals surface area contributed by atoms with E-state index < -0.39 is 29.8 Å². The van der Waals surface area contributed by atoms with E-state index in [1.54, 1.807) is 0 Å². The molecule has 3 amide bonds. The standard InChI is InChI=1S/C23H26F3N7O5/c24-23(25,26)38-17-5-3-4-15(10-17)11-20(35)31-16-6-9-33(21(36)12-16)8-2-1-7-29-13-18(32-28)22(37)30-14-19(27)34/h3-6,9-10,12-13H,1-2,7-8,11,14,28H2,(H2,27,34)(H,30,37)(H,31,35). The number of aliphatic imine (C=N–C) groups is 1. The molecule has 15 heteroatoms. The maximum atomic E-state index is 12.4. The summed E-state index contributed by atoms with van der Waals surface area (Å²) < 4.78 is 42.4. The van der Waals surface area contributed by atoms with Crippen molar-refractivity contribution < 1.29 is 32.3 Å². The maximum absolute atomic E-state index is 12.4. The zero-order valence-electron chi connectivity index (χ0n) is 20.0. The summed E-state index contributed by atoms with van der Waals surface area (Å²) in [5.41, 5.74) is 4.94. The van der Waals surface area contributed by atoms with Crippen LogP contribution in [0.5, 0.6) is 5.75 Å². The van der Waals surface area contributed by atoms with E-state index in [2.05, 4.69) is 25.5 Å². The van der Waals surface area contributed by atoms with Crippen molar-refractivity contribution in [2.75, 3.05) is 18.4 Å². The Labute approximate surface area is 214 Å². The van der Waals surface area contributed by atoms with Gasteiger partial charge in [-0.2, -0.15) is 5.10 Å². The van der Waals surface area contributed by atoms with Crippen LogP contribution in [0, 0.1) is 0 Å². The van der Waals surface area contributed by atoms with Crippen LogP contribution in [0.2, 0.25) is 0 Å². The van der Waals surface area contributed by atoms with Crippen molar-refractivity contribution in [2.24, 2.45) is 21.7 Å². The Hall–Kier alpha value is -4.69. The molecular formula is C23H26F3N7O5. The molecule has 2 aromatic rings. The lowest BCUT2D eigenvalue weighted by molar-refractivity contribution is -0.274. The van der Waals surface area contributed by atoms with Crippen molar-refractivity contribution in [3.8, 4) is 5.75 Å². The number of anilines is 1. The van der Waals surface area contributed by atoms with Crippen LogP contribution in [0.15, 0.2) is 57.5 Å². The number of nitrogens with two attached hydrogens (primary N) is 2. The molecule has 0 spiro atoms. The number of hydrazone groups is 1. The topological polar surface area (TPSA) is 183 Å². The molecule has 1 aromatic carbocycles. The Kier molecular flexibility index (Phi) is 11.0. The number of carbonyl (C=O) groups is 3. The lowest BCUT2D eigenvalue weighted by Gasteiger charge is -2.11. The number of amides is 3. The van der Waals surface area contributed by atoms with E-state index in [-0.39, 0.29) is 29.9 Å². The van der Waals surface area contributed by atoms with E-state index in [4.69, 9.17) is 11.6 Å². The highest BCUT2D eigenvalue weighted by Gasteiger charge is 2.31. The number of benzene rings is 1. The van der Waals surface area contributed by atoms with Crippen LogP contribution in [0.4, 0.5) is 18.9 Å². The van der Waals surface area contributed by atoms with Crippen LogP contribution in [0.25, 0.3) is 0 Å². The fourth-order valence-electron chi connectivity index (χ4n) is 3.06. The highest BCUT2D eigenvalue weighted by molar-refractivity contribution is 6.60. The van der Waals surface area contributed by atoms with Crippen molar-refractivity contribution in [2.45, 2.75) is 32.2 Å². The Morgan fingerprint density at radius 3 is 2.55 bits per heavy atom. The minimum absolute atomic E-state index is 0.178. The molecule has 0 fully saturated rings. The van der Waals surface area contributed by atoms with Crippen LogP contribution >= 0.6 is 0 Å². The number of carbonyl (C=O) groups excluding carboxylic acids is 3. The number of nitrogens with zero attached hydrogens (tertiary/aromatic N) is 3. The molecule has 12 nitrogen and oxygen atoms in total. The van der Waals surface area contributed by atoms with Gasteiger partial charge in [0.1, 0.15) is 5.75 Å². The quantitative estimate of drug-likeness (QED) is 0.126. The van der Waals surface area contributed by atoms with E-state index in [1.807, 2.05) is 0 Å². The van der Waals surface area contributed by atoms with E-state index in [1.165, 1.54) is 41.2 Å². The molecule has 38 heavy (non-hydrogen) atoms. The van der Waals surface area contributed by atoms with Gasteiger partial charge in [-0.05, 0) is 36.6 Å². The molecule has 0 bridgehead atoms. The second-order valence-electron chi connectivity index (χ2n) is 7.77. The van der Waals surface area contributed by atoms with Crippen LogP contribution < -0.4 is 32.5 Å². The molecular weight excluding hydrogens is 511 g/mol. The molecule has 2 rings (SSSR count). The molecule has 1 aromatic heterocycles. The zero-order valence-corrected chi connectivity index (χ0v) is 20.0. The molecule has 0 radical (unpaired) electrons. The number of hydrogen-bond donors (Lipinski definition) is 4. The number of aromatic nitrogens is 1. The first kappa shape index (κ1) is 29.5. The predicted molar refractivity (Wildman–Crippen MR) is 133 cm³/mol. The highest BCUT2D eigenvalue weighted by Crippen LogP contribution is 2.23. The van der Waals surface area contributed by atoms with E-state index in [9.17, 15) is 32.3 Å². The van der Waals surface area contributed by atoms with E-state index in [0.29, 0.717) is 31.5 Å². The molecule has 0 aliphatic heterocycles. The van der Waals surface area contributed by atoms with Crippen molar-refractivity contribution in [3.63, 3.8) is 0 Å². The van der Waals surface area contributed by atoms with E-state index >= 15 is 0 Å². The second-order valence-corrected chi connectivity index (χ2v) is 7.77. The van der Waals surface area contributed by atoms with Gasteiger partial charge in [0.25, 0.3) is 11.5 Å². The van der Waals surface area contributed by atoms with Crippen molar-refractivity contribution >= 4 is 35.3 Å². The van der Waals surface area contributed by atoms with Gasteiger partial charge < -0.3 is 31.5 Å². The highest BCUT2D eigenvalue weighted by atomic mass is 19.4. The summed E-state index contributed by atoms with van der Waals surface area (Å²) in [5.74, 6) is 2.76. The Bertz CT molecular complexity index is 1260. The summed E-state index contributed by atoms with van der Waals surface area (Å²) in [5, 5.41) is 8.06. The first-order valence-electron chi connectivity index (χ1n) is 11.2. The first-order chi connectivity index (χ1) is 18.0. The number of rotatable bonds is 13. The third kappa shape index (κ3) is 10.9. The summed E-state index contributed by atoms with van der Waals surface area (Å²) >= 11 is 0. The largest absolute Gasteiger partial charge is 0.573 e. The number of unbranched alkanes of at least 4 members (excludes halogenated alkanes) is 1. The number of alkyl halides is 3. The normalized spacial score (nSPS) is 11.8. The molecule has 204 valence electrons. The lowest BCUT2D eigenvalue weighted by atomic mass is 10.1. The second kappa shape index (κ2) is 14.2. The van der Waals surface area contributed by atoms with Gasteiger partial charge in [0.05, 0.1) is 19.2 Å². The number of halogens is 3. The van der Waals surface area contributed by atoms with Crippen molar-refractivity contribution in [1.29, 1.82) is 0 Å². The molecule has 6 N–H and O–H groups in total. The van der Waals surface area contributed by atoms with Crippen molar-refractivity contribution in [1.82, 2.24) is 9.88 Å². The van der Waals surface area contributed by atoms with Crippen LogP contribution in [0.3, 0.4) is 0 Å². The summed E-state index contributed by atoms with van der Waals surface area (Å²) in [4.78, 5) is 51.1. The fourth-order valence-corrected chi connectivity index (χ4v) is 3.06. The average Bonchev–Trinajstić information content (AvgIpc) is 2.82. The molecule has 1 heterocycles. The summed E-state index contributed by atoms with van der Waals surface area (Å²) in [6.07, 6.45) is -1.25. The maximum Gasteiger partial charge on any atom is 0.573 e. The summed E-state index contributed by atoms with van der Waals surface area (Å²) in [6.45, 7) is 0.323. The molecule has 0 unspecified atom stereocenters. The van der Waals surface area contributed by atoms with Gasteiger partial charge in [-0.25, -0.2) is 0 Å². The minimum Gasteiger partial charge on any atom is -0.406 e. The first-order valence-corrected chi connectivity index (χ1v) is 11.2. The van der Waals surface area contributed by atoms with Gasteiger partial charge in [-0.1, -0.05) is 12.1 Å². The Balaban J connectivity index is 1.80. The Morgan fingerprint density at radius 2 is 1.89 bits per heavy atom. The third-order valence-electron chi connectivity index (χ3n) is 4.72. The third-order valence-corrected chi connectivity index (χ3v) is 4.72. The van der Waals surface area contributed by atoms with Crippen LogP contribution in [-0.4, -0.2) is 53.7 Å². The number of pyridine rings is 1. The van der Waals surface area contributed by atoms with Gasteiger partial charge in [0.2, 0.25) is 11.8 Å². The lowest BCUT2D eigenvalue weighted by Crippen LogP contribution is -2.38. The van der Waals surface area contributed by atoms with Gasteiger partial charge >= 0.3 is 6.36 Å². The van der Waals surface area contributed by atoms with Crippen LogP contribution in [-0.2, 0) is 27.3 Å². The number of ether oxygens (including phenoxy) is 1. The molecule has 0 aliphatic carbocycles. The van der Waals surface area contributed by atoms with Crippen LogP contribution in [0.1, 0.15) is 18.4 Å². The monoisotopic (exact) mass is 537 g/mol. The number of aryl methyl sites for hydroxylation is 1. The minimum atomic E-state index is -4.84. The predicted octanol–water partition coefficient (Wildman–Crippen LogP) is 0.695. The van der Waals surface area contributed by atoms with Crippen molar-refractivity contribution in [3.05, 3.63) is 58.5 Å². The molecule has 0 saturated carbocycles. The molecule has 0 atom stereocenters. The average molecular weight is 537 g/mol. The summed E-state index contributed by atoms with van der Waals surface area (Å²) in [6, 6.07) is 7.80. The molecule has 0 aliphatic rings. The Morgan fingerprint density at radius 1 is 1.13 bits per heavy atom. The van der Waals surface area contributed by atoms with Gasteiger partial charge in [0, 0.05) is 31.0 Å². The SMILES string of the molecule is NN=C(C=NCCCCn1ccc(NC(=O)Cc2cccc(OC(F)(F)F)c2)cc1=O)C(=O)NCC(N)=O. The zero-order chi connectivity index (χ0) is 28.1. The smallest absolute Gasteiger partial charge is 0.406 e. The molecule has 0 saturated heterocycles. The number of primary amides is 1. The number of nitrogens with one attached hydrogen (secondary N) is 2. The summed E-state index contributed by atoms with van der Waals surface area (Å²) in [7, 11) is 0.